The highest BCUT2D eigenvalue weighted by Gasteiger charge is 2.12. The minimum absolute atomic E-state index is 0.0206. The first-order valence-corrected chi connectivity index (χ1v) is 10.3. The number of para-hydroxylation sites is 1. The van der Waals surface area contributed by atoms with Crippen LogP contribution in [0, 0.1) is 0 Å². The second-order valence-corrected chi connectivity index (χ2v) is 7.33. The number of amides is 1. The van der Waals surface area contributed by atoms with Crippen molar-refractivity contribution in [1.82, 2.24) is 9.55 Å². The number of carbonyl (C=O) groups is 1. The second-order valence-electron chi connectivity index (χ2n) is 7.33. The molecule has 0 saturated carbocycles. The Kier molecular flexibility index (Phi) is 6.27. The lowest BCUT2D eigenvalue weighted by atomic mass is 10.1. The molecule has 7 heteroatoms. The first-order valence-electron chi connectivity index (χ1n) is 10.3. The Morgan fingerprint density at radius 1 is 1.03 bits per heavy atom. The fourth-order valence-electron chi connectivity index (χ4n) is 3.47. The first-order chi connectivity index (χ1) is 14.7. The van der Waals surface area contributed by atoms with Crippen molar-refractivity contribution in [2.45, 2.75) is 38.6 Å². The Balaban J connectivity index is 1.22. The van der Waals surface area contributed by atoms with E-state index < -0.39 is 0 Å². The summed E-state index contributed by atoms with van der Waals surface area (Å²) in [5, 5.41) is 3.54. The lowest BCUT2D eigenvalue weighted by Gasteiger charge is -2.10. The van der Waals surface area contributed by atoms with E-state index in [1.807, 2.05) is 30.3 Å². The summed E-state index contributed by atoms with van der Waals surface area (Å²) in [6.45, 7) is 1.85. The van der Waals surface area contributed by atoms with Crippen molar-refractivity contribution in [3.63, 3.8) is 0 Å². The van der Waals surface area contributed by atoms with Gasteiger partial charge in [0.05, 0.1) is 30.4 Å². The van der Waals surface area contributed by atoms with Gasteiger partial charge in [-0.1, -0.05) is 18.6 Å². The van der Waals surface area contributed by atoms with Crippen LogP contribution in [-0.4, -0.2) is 28.7 Å². The number of hydrogen-bond acceptors (Lipinski definition) is 5. The maximum atomic E-state index is 12.5. The lowest BCUT2D eigenvalue weighted by Crippen LogP contribution is -2.20. The molecule has 4 rings (SSSR count). The van der Waals surface area contributed by atoms with Crippen molar-refractivity contribution >= 4 is 22.5 Å². The van der Waals surface area contributed by atoms with E-state index in [2.05, 4.69) is 10.3 Å². The average Bonchev–Trinajstić information content (AvgIpc) is 3.00. The molecular formula is C23H25N3O4. The van der Waals surface area contributed by atoms with Crippen molar-refractivity contribution in [1.29, 1.82) is 0 Å². The number of nitrogens with one attached hydrogen (secondary N) is 1. The molecule has 1 aromatic heterocycles. The molecule has 0 aliphatic carbocycles. The zero-order valence-electron chi connectivity index (χ0n) is 16.8. The Hall–Kier alpha value is -3.35. The Morgan fingerprint density at radius 2 is 1.87 bits per heavy atom. The summed E-state index contributed by atoms with van der Waals surface area (Å²) in [4.78, 5) is 29.0. The van der Waals surface area contributed by atoms with Crippen molar-refractivity contribution in [3.8, 4) is 11.5 Å². The monoisotopic (exact) mass is 407 g/mol. The largest absolute Gasteiger partial charge is 0.490 e. The van der Waals surface area contributed by atoms with Gasteiger partial charge in [0.25, 0.3) is 5.56 Å². The molecule has 1 amide bonds. The van der Waals surface area contributed by atoms with Crippen molar-refractivity contribution in [3.05, 3.63) is 59.1 Å². The van der Waals surface area contributed by atoms with Gasteiger partial charge < -0.3 is 14.8 Å². The predicted octanol–water partition coefficient (Wildman–Crippen LogP) is 3.76. The maximum absolute atomic E-state index is 12.5. The lowest BCUT2D eigenvalue weighted by molar-refractivity contribution is -0.116. The highest BCUT2D eigenvalue weighted by molar-refractivity contribution is 5.91. The third-order valence-electron chi connectivity index (χ3n) is 5.07. The average molecular weight is 407 g/mol. The summed E-state index contributed by atoms with van der Waals surface area (Å²) in [5.74, 6) is 1.35. The van der Waals surface area contributed by atoms with Crippen LogP contribution in [0.3, 0.4) is 0 Å². The molecule has 1 aliphatic rings. The first kappa shape index (κ1) is 19.9. The third kappa shape index (κ3) is 4.79. The van der Waals surface area contributed by atoms with Gasteiger partial charge in [0.1, 0.15) is 0 Å². The third-order valence-corrected chi connectivity index (χ3v) is 5.07. The zero-order valence-corrected chi connectivity index (χ0v) is 16.8. The van der Waals surface area contributed by atoms with Gasteiger partial charge in [-0.2, -0.15) is 0 Å². The molecule has 3 aromatic rings. The quantitative estimate of drug-likeness (QED) is 0.603. The zero-order chi connectivity index (χ0) is 20.8. The molecule has 30 heavy (non-hydrogen) atoms. The molecule has 0 radical (unpaired) electrons. The molecule has 0 saturated heterocycles. The van der Waals surface area contributed by atoms with E-state index in [9.17, 15) is 9.59 Å². The summed E-state index contributed by atoms with van der Waals surface area (Å²) >= 11 is 0. The summed E-state index contributed by atoms with van der Waals surface area (Å²) < 4.78 is 12.9. The van der Waals surface area contributed by atoms with Gasteiger partial charge in [0.2, 0.25) is 5.91 Å². The number of anilines is 1. The SMILES string of the molecule is O=C(CCCCCn1cnc2ccccc2c1=O)Nc1ccc2c(c1)OCCCO2. The number of aromatic nitrogens is 2. The van der Waals surface area contributed by atoms with Gasteiger partial charge in [0.15, 0.2) is 11.5 Å². The molecule has 0 unspecified atom stereocenters. The summed E-state index contributed by atoms with van der Waals surface area (Å²) in [6, 6.07) is 12.8. The minimum Gasteiger partial charge on any atom is -0.490 e. The van der Waals surface area contributed by atoms with E-state index >= 15 is 0 Å². The Morgan fingerprint density at radius 3 is 2.77 bits per heavy atom. The van der Waals surface area contributed by atoms with Gasteiger partial charge >= 0.3 is 0 Å². The Labute approximate surface area is 174 Å². The molecule has 0 fully saturated rings. The van der Waals surface area contributed by atoms with E-state index in [0.29, 0.717) is 54.3 Å². The number of hydrogen-bond donors (Lipinski definition) is 1. The summed E-state index contributed by atoms with van der Waals surface area (Å²) in [5.41, 5.74) is 1.40. The predicted molar refractivity (Wildman–Crippen MR) is 115 cm³/mol. The second kappa shape index (κ2) is 9.43. The van der Waals surface area contributed by atoms with Gasteiger partial charge in [-0.25, -0.2) is 4.98 Å². The number of nitrogens with zero attached hydrogens (tertiary/aromatic N) is 2. The summed E-state index contributed by atoms with van der Waals surface area (Å²) in [7, 11) is 0. The van der Waals surface area contributed by atoms with Gasteiger partial charge in [-0.3, -0.25) is 14.2 Å². The van der Waals surface area contributed by atoms with E-state index in [0.717, 1.165) is 25.7 Å². The van der Waals surface area contributed by atoms with Crippen LogP contribution in [0.15, 0.2) is 53.6 Å². The molecule has 1 N–H and O–H groups in total. The highest BCUT2D eigenvalue weighted by atomic mass is 16.5. The smallest absolute Gasteiger partial charge is 0.261 e. The fraction of sp³-hybridized carbons (Fsp3) is 0.348. The van der Waals surface area contributed by atoms with Crippen LogP contribution in [0.25, 0.3) is 10.9 Å². The molecule has 0 bridgehead atoms. The van der Waals surface area contributed by atoms with Gasteiger partial charge in [0, 0.05) is 31.1 Å². The molecule has 7 nitrogen and oxygen atoms in total. The van der Waals surface area contributed by atoms with Crippen LogP contribution >= 0.6 is 0 Å². The molecule has 0 atom stereocenters. The molecular weight excluding hydrogens is 382 g/mol. The molecule has 156 valence electrons. The fourth-order valence-corrected chi connectivity index (χ4v) is 3.47. The molecule has 1 aliphatic heterocycles. The Bertz CT molecular complexity index is 1090. The standard InChI is InChI=1S/C23H25N3O4/c27-22(25-17-10-11-20-21(15-17)30-14-6-13-29-20)9-2-1-5-12-26-16-24-19-8-4-3-7-18(19)23(26)28/h3-4,7-8,10-11,15-16H,1-2,5-6,9,12-14H2,(H,25,27). The molecule has 2 heterocycles. The molecule has 2 aromatic carbocycles. The van der Waals surface area contributed by atoms with Crippen LogP contribution in [0.2, 0.25) is 0 Å². The normalized spacial score (nSPS) is 13.1. The number of ether oxygens (including phenoxy) is 2. The number of carbonyl (C=O) groups excluding carboxylic acids is 1. The number of fused-ring (bicyclic) bond motifs is 2. The summed E-state index contributed by atoms with van der Waals surface area (Å²) in [6.07, 6.45) is 5.30. The number of aryl methyl sites for hydroxylation is 1. The van der Waals surface area contributed by atoms with Crippen LogP contribution in [0.1, 0.15) is 32.1 Å². The van der Waals surface area contributed by atoms with Crippen molar-refractivity contribution in [2.75, 3.05) is 18.5 Å². The van der Waals surface area contributed by atoms with Gasteiger partial charge in [-0.15, -0.1) is 0 Å². The topological polar surface area (TPSA) is 82.5 Å². The maximum Gasteiger partial charge on any atom is 0.261 e. The van der Waals surface area contributed by atoms with Crippen LogP contribution < -0.4 is 20.3 Å². The van der Waals surface area contributed by atoms with E-state index in [4.69, 9.17) is 9.47 Å². The number of unbranched alkanes of at least 4 members (excludes halogenated alkanes) is 2. The van der Waals surface area contributed by atoms with Gasteiger partial charge in [-0.05, 0) is 37.1 Å². The van der Waals surface area contributed by atoms with Crippen LogP contribution in [0.5, 0.6) is 11.5 Å². The van der Waals surface area contributed by atoms with Crippen LogP contribution in [-0.2, 0) is 11.3 Å². The van der Waals surface area contributed by atoms with Crippen molar-refractivity contribution in [2.24, 2.45) is 0 Å². The van der Waals surface area contributed by atoms with E-state index in [1.54, 1.807) is 23.0 Å². The number of benzene rings is 2. The molecule has 0 spiro atoms. The van der Waals surface area contributed by atoms with Crippen molar-refractivity contribution < 1.29 is 14.3 Å². The van der Waals surface area contributed by atoms with E-state index in [1.165, 1.54) is 0 Å². The van der Waals surface area contributed by atoms with E-state index in [-0.39, 0.29) is 11.5 Å². The van der Waals surface area contributed by atoms with Crippen LogP contribution in [0.4, 0.5) is 5.69 Å². The highest BCUT2D eigenvalue weighted by Crippen LogP contribution is 2.32. The minimum atomic E-state index is -0.0333. The number of rotatable bonds is 7.